The Hall–Kier alpha value is -1.91. The fourth-order valence-electron chi connectivity index (χ4n) is 0.866. The van der Waals surface area contributed by atoms with Crippen molar-refractivity contribution in [3.05, 3.63) is 30.1 Å². The van der Waals surface area contributed by atoms with Gasteiger partial charge in [-0.3, -0.25) is 5.43 Å². The molecule has 0 amide bonds. The van der Waals surface area contributed by atoms with Gasteiger partial charge in [-0.25, -0.2) is 4.39 Å². The number of rotatable bonds is 4. The first kappa shape index (κ1) is 11.2. The van der Waals surface area contributed by atoms with E-state index in [4.69, 9.17) is 0 Å². The van der Waals surface area contributed by atoms with E-state index in [1.54, 1.807) is 17.1 Å². The number of nitrogens with one attached hydrogen (secondary N) is 1. The second kappa shape index (κ2) is 5.74. The Balaban J connectivity index is 2.43. The molecule has 0 fully saturated rings. The van der Waals surface area contributed by atoms with Gasteiger partial charge in [0.15, 0.2) is 0 Å². The molecule has 0 unspecified atom stereocenters. The fourth-order valence-corrected chi connectivity index (χ4v) is 0.866. The highest BCUT2D eigenvalue weighted by Gasteiger charge is 1.90. The van der Waals surface area contributed by atoms with E-state index < -0.39 is 0 Å². The van der Waals surface area contributed by atoms with E-state index in [1.807, 2.05) is 14.1 Å². The maximum absolute atomic E-state index is 12.7. The maximum Gasteiger partial charge on any atom is 0.125 e. The first-order valence-corrected chi connectivity index (χ1v) is 4.43. The lowest BCUT2D eigenvalue weighted by molar-refractivity contribution is 0.441. The quantitative estimate of drug-likeness (QED) is 0.605. The molecule has 0 aliphatic rings. The first-order chi connectivity index (χ1) is 7.18. The Bertz CT molecular complexity index is 360. The van der Waals surface area contributed by atoms with E-state index in [0.717, 1.165) is 0 Å². The molecule has 0 aliphatic carbocycles. The highest BCUT2D eigenvalue weighted by atomic mass is 19.1. The number of hydrazone groups is 2. The fraction of sp³-hybridized carbons (Fsp3) is 0.200. The summed E-state index contributed by atoms with van der Waals surface area (Å²) in [6.45, 7) is 0. The number of hydrogen-bond acceptors (Lipinski definition) is 4. The Labute approximate surface area is 88.1 Å². The van der Waals surface area contributed by atoms with Crippen LogP contribution >= 0.6 is 0 Å². The molecule has 80 valence electrons. The molecule has 1 N–H and O–H groups in total. The average Bonchev–Trinajstić information content (AvgIpc) is 2.17. The van der Waals surface area contributed by atoms with Crippen LogP contribution in [0.25, 0.3) is 0 Å². The summed E-state index contributed by atoms with van der Waals surface area (Å²) in [5.74, 6) is -0.294. The zero-order valence-electron chi connectivity index (χ0n) is 8.68. The Kier molecular flexibility index (Phi) is 4.28. The van der Waals surface area contributed by atoms with Crippen molar-refractivity contribution in [2.45, 2.75) is 0 Å². The average molecular weight is 208 g/mol. The minimum absolute atomic E-state index is 0.294. The van der Waals surface area contributed by atoms with Gasteiger partial charge in [-0.2, -0.15) is 10.2 Å². The van der Waals surface area contributed by atoms with Gasteiger partial charge in [0.25, 0.3) is 0 Å². The number of hydrogen-bond donors (Lipinski definition) is 1. The lowest BCUT2D eigenvalue weighted by atomic mass is 10.3. The second-order valence-electron chi connectivity index (χ2n) is 3.01. The minimum atomic E-state index is -0.294. The van der Waals surface area contributed by atoms with Gasteiger partial charge in [0.05, 0.1) is 18.1 Å². The molecular formula is C10H13FN4. The Morgan fingerprint density at radius 1 is 1.33 bits per heavy atom. The molecule has 0 aromatic heterocycles. The lowest BCUT2D eigenvalue weighted by Gasteiger charge is -2.00. The van der Waals surface area contributed by atoms with Crippen LogP contribution in [0.1, 0.15) is 0 Å². The third-order valence-corrected chi connectivity index (χ3v) is 1.46. The number of nitrogens with zero attached hydrogens (tertiary/aromatic N) is 3. The van der Waals surface area contributed by atoms with Crippen LogP contribution in [-0.2, 0) is 0 Å². The second-order valence-corrected chi connectivity index (χ2v) is 3.01. The smallest absolute Gasteiger partial charge is 0.125 e. The zero-order chi connectivity index (χ0) is 11.1. The van der Waals surface area contributed by atoms with Crippen LogP contribution in [0.3, 0.4) is 0 Å². The highest BCUT2D eigenvalue weighted by Crippen LogP contribution is 2.08. The molecule has 0 bridgehead atoms. The predicted molar refractivity (Wildman–Crippen MR) is 60.7 cm³/mol. The first-order valence-electron chi connectivity index (χ1n) is 4.43. The van der Waals surface area contributed by atoms with Gasteiger partial charge in [-0.15, -0.1) is 0 Å². The van der Waals surface area contributed by atoms with Crippen molar-refractivity contribution in [1.82, 2.24) is 5.01 Å². The summed E-state index contributed by atoms with van der Waals surface area (Å²) in [6.07, 6.45) is 3.03. The standard InChI is InChI=1S/C10H13FN4/c1-15(2)13-7-6-12-14-10-5-3-4-9(11)8-10/h3-8,14H,1-2H3/b12-6+,13-7+. The van der Waals surface area contributed by atoms with Crippen LogP contribution in [0.4, 0.5) is 10.1 Å². The van der Waals surface area contributed by atoms with Gasteiger partial charge in [-0.05, 0) is 18.2 Å². The molecule has 0 atom stereocenters. The van der Waals surface area contributed by atoms with Crippen molar-refractivity contribution in [1.29, 1.82) is 0 Å². The Morgan fingerprint density at radius 3 is 2.80 bits per heavy atom. The summed E-state index contributed by atoms with van der Waals surface area (Å²) in [5.41, 5.74) is 3.28. The lowest BCUT2D eigenvalue weighted by Crippen LogP contribution is -2.02. The van der Waals surface area contributed by atoms with Crippen LogP contribution < -0.4 is 5.43 Å². The molecule has 0 aliphatic heterocycles. The molecule has 4 nitrogen and oxygen atoms in total. The van der Waals surface area contributed by atoms with Gasteiger partial charge in [0, 0.05) is 14.1 Å². The van der Waals surface area contributed by atoms with Gasteiger partial charge < -0.3 is 5.01 Å². The molecule has 1 aromatic rings. The number of benzene rings is 1. The van der Waals surface area contributed by atoms with Gasteiger partial charge in [0.1, 0.15) is 5.82 Å². The van der Waals surface area contributed by atoms with Crippen molar-refractivity contribution >= 4 is 18.1 Å². The van der Waals surface area contributed by atoms with Crippen molar-refractivity contribution in [3.8, 4) is 0 Å². The van der Waals surface area contributed by atoms with Gasteiger partial charge in [-0.1, -0.05) is 6.07 Å². The van der Waals surface area contributed by atoms with Crippen LogP contribution in [-0.4, -0.2) is 31.5 Å². The summed E-state index contributed by atoms with van der Waals surface area (Å²) in [4.78, 5) is 0. The van der Waals surface area contributed by atoms with Crippen LogP contribution in [0.2, 0.25) is 0 Å². The maximum atomic E-state index is 12.7. The monoisotopic (exact) mass is 208 g/mol. The van der Waals surface area contributed by atoms with Gasteiger partial charge in [0.2, 0.25) is 0 Å². The predicted octanol–water partition coefficient (Wildman–Crippen LogP) is 1.77. The topological polar surface area (TPSA) is 40.0 Å². The largest absolute Gasteiger partial charge is 0.303 e. The van der Waals surface area contributed by atoms with E-state index in [2.05, 4.69) is 15.6 Å². The summed E-state index contributed by atoms with van der Waals surface area (Å²) in [7, 11) is 3.62. The third-order valence-electron chi connectivity index (χ3n) is 1.46. The molecular weight excluding hydrogens is 195 g/mol. The van der Waals surface area contributed by atoms with E-state index >= 15 is 0 Å². The molecule has 0 saturated carbocycles. The summed E-state index contributed by atoms with van der Waals surface area (Å²) in [5, 5.41) is 9.40. The molecule has 0 saturated heterocycles. The van der Waals surface area contributed by atoms with E-state index in [1.165, 1.54) is 24.6 Å². The van der Waals surface area contributed by atoms with Gasteiger partial charge >= 0.3 is 0 Å². The zero-order valence-corrected chi connectivity index (χ0v) is 8.68. The van der Waals surface area contributed by atoms with Crippen molar-refractivity contribution in [2.24, 2.45) is 10.2 Å². The van der Waals surface area contributed by atoms with E-state index in [-0.39, 0.29) is 5.82 Å². The minimum Gasteiger partial charge on any atom is -0.303 e. The normalized spacial score (nSPS) is 11.1. The molecule has 1 aromatic carbocycles. The van der Waals surface area contributed by atoms with Crippen LogP contribution in [0, 0.1) is 5.82 Å². The van der Waals surface area contributed by atoms with E-state index in [9.17, 15) is 4.39 Å². The molecule has 0 heterocycles. The molecule has 0 spiro atoms. The summed E-state index contributed by atoms with van der Waals surface area (Å²) >= 11 is 0. The molecule has 1 rings (SSSR count). The van der Waals surface area contributed by atoms with Crippen molar-refractivity contribution in [3.63, 3.8) is 0 Å². The molecule has 5 heteroatoms. The number of anilines is 1. The number of halogens is 1. The SMILES string of the molecule is CN(C)/N=C/C=N/Nc1cccc(F)c1. The highest BCUT2D eigenvalue weighted by molar-refractivity contribution is 6.16. The Morgan fingerprint density at radius 2 is 2.13 bits per heavy atom. The van der Waals surface area contributed by atoms with Crippen LogP contribution in [0.5, 0.6) is 0 Å². The van der Waals surface area contributed by atoms with Crippen molar-refractivity contribution < 1.29 is 4.39 Å². The van der Waals surface area contributed by atoms with E-state index in [0.29, 0.717) is 5.69 Å². The molecule has 15 heavy (non-hydrogen) atoms. The molecule has 0 radical (unpaired) electrons. The van der Waals surface area contributed by atoms with Crippen molar-refractivity contribution in [2.75, 3.05) is 19.5 Å². The summed E-state index contributed by atoms with van der Waals surface area (Å²) in [6, 6.07) is 6.08. The summed E-state index contributed by atoms with van der Waals surface area (Å²) < 4.78 is 12.7. The third kappa shape index (κ3) is 4.75. The van der Waals surface area contributed by atoms with Crippen LogP contribution in [0.15, 0.2) is 34.5 Å².